The van der Waals surface area contributed by atoms with E-state index in [0.717, 1.165) is 24.7 Å². The quantitative estimate of drug-likeness (QED) is 0.658. The van der Waals surface area contributed by atoms with Crippen LogP contribution in [-0.2, 0) is 4.79 Å². The lowest BCUT2D eigenvalue weighted by molar-refractivity contribution is -0.119. The summed E-state index contributed by atoms with van der Waals surface area (Å²) in [6.45, 7) is 4.65. The van der Waals surface area contributed by atoms with E-state index < -0.39 is 0 Å². The van der Waals surface area contributed by atoms with Gasteiger partial charge in [0.1, 0.15) is 0 Å². The van der Waals surface area contributed by atoms with Crippen molar-refractivity contribution in [3.63, 3.8) is 0 Å². The summed E-state index contributed by atoms with van der Waals surface area (Å²) in [6.07, 6.45) is 14.1. The van der Waals surface area contributed by atoms with Gasteiger partial charge in [-0.2, -0.15) is 0 Å². The molecule has 0 heterocycles. The minimum atomic E-state index is 0.333. The van der Waals surface area contributed by atoms with Gasteiger partial charge in [-0.15, -0.1) is 0 Å². The second kappa shape index (κ2) is 6.54. The van der Waals surface area contributed by atoms with Crippen LogP contribution in [0.5, 0.6) is 0 Å². The van der Waals surface area contributed by atoms with E-state index in [2.05, 4.69) is 19.9 Å². The Kier molecular flexibility index (Phi) is 5.03. The first-order valence-electron chi connectivity index (χ1n) is 7.87. The molecule has 0 N–H and O–H groups in total. The van der Waals surface area contributed by atoms with E-state index in [-0.39, 0.29) is 0 Å². The van der Waals surface area contributed by atoms with Gasteiger partial charge in [0, 0.05) is 5.92 Å². The van der Waals surface area contributed by atoms with Gasteiger partial charge in [-0.1, -0.05) is 45.6 Å². The Morgan fingerprint density at radius 2 is 1.33 bits per heavy atom. The van der Waals surface area contributed by atoms with Gasteiger partial charge in [-0.3, -0.25) is 4.79 Å². The predicted molar refractivity (Wildman–Crippen MR) is 76.4 cm³/mol. The fourth-order valence-corrected chi connectivity index (χ4v) is 3.39. The number of allylic oxidation sites excluding steroid dienone is 2. The first-order chi connectivity index (χ1) is 8.65. The first-order valence-corrected chi connectivity index (χ1v) is 7.87. The lowest BCUT2D eigenvalue weighted by Crippen LogP contribution is -2.19. The van der Waals surface area contributed by atoms with Crippen molar-refractivity contribution < 1.29 is 4.79 Å². The predicted octanol–water partition coefficient (Wildman–Crippen LogP) is 4.76. The van der Waals surface area contributed by atoms with Crippen molar-refractivity contribution in [3.8, 4) is 0 Å². The lowest BCUT2D eigenvalue weighted by atomic mass is 9.80. The molecule has 1 nitrogen and oxygen atoms in total. The van der Waals surface area contributed by atoms with Crippen molar-refractivity contribution in [1.29, 1.82) is 0 Å². The largest absolute Gasteiger partial charge is 0.295 e. The smallest absolute Gasteiger partial charge is 0.158 e. The molecule has 102 valence electrons. The van der Waals surface area contributed by atoms with Gasteiger partial charge in [0.05, 0.1) is 0 Å². The van der Waals surface area contributed by atoms with Crippen LogP contribution in [0.4, 0.5) is 0 Å². The summed E-state index contributed by atoms with van der Waals surface area (Å²) in [6, 6.07) is 0. The number of hydrogen-bond acceptors (Lipinski definition) is 1. The van der Waals surface area contributed by atoms with Crippen molar-refractivity contribution in [2.45, 2.75) is 65.2 Å². The molecule has 0 amide bonds. The maximum atomic E-state index is 12.1. The molecule has 0 atom stereocenters. The standard InChI is InChI=1S/C17H28O/c1-13-3-7-15(8-4-13)9-12-17(18)16-10-5-14(2)6-11-16/h9,12-16H,3-8,10-11H2,1-2H3/b12-9+. The molecule has 0 aliphatic heterocycles. The minimum Gasteiger partial charge on any atom is -0.295 e. The summed E-state index contributed by atoms with van der Waals surface area (Å²) in [4.78, 5) is 12.1. The third kappa shape index (κ3) is 3.96. The first kappa shape index (κ1) is 13.8. The van der Waals surface area contributed by atoms with Crippen molar-refractivity contribution in [3.05, 3.63) is 12.2 Å². The molecule has 2 rings (SSSR count). The summed E-state index contributed by atoms with van der Waals surface area (Å²) in [5.74, 6) is 3.14. The molecule has 2 saturated carbocycles. The molecule has 0 aromatic rings. The zero-order valence-electron chi connectivity index (χ0n) is 12.0. The van der Waals surface area contributed by atoms with Gasteiger partial charge in [0.15, 0.2) is 5.78 Å². The van der Waals surface area contributed by atoms with Gasteiger partial charge in [-0.05, 0) is 49.5 Å². The topological polar surface area (TPSA) is 17.1 Å². The molecule has 0 spiro atoms. The third-order valence-corrected chi connectivity index (χ3v) is 5.01. The maximum Gasteiger partial charge on any atom is 0.158 e. The number of hydrogen-bond donors (Lipinski definition) is 0. The van der Waals surface area contributed by atoms with Crippen molar-refractivity contribution >= 4 is 5.78 Å². The second-order valence-electron chi connectivity index (χ2n) is 6.74. The van der Waals surface area contributed by atoms with Crippen LogP contribution in [0.15, 0.2) is 12.2 Å². The average Bonchev–Trinajstić information content (AvgIpc) is 2.38. The normalized spacial score (nSPS) is 37.9. The highest BCUT2D eigenvalue weighted by atomic mass is 16.1. The van der Waals surface area contributed by atoms with Crippen LogP contribution in [0, 0.1) is 23.7 Å². The molecular formula is C17H28O. The van der Waals surface area contributed by atoms with Crippen molar-refractivity contribution in [2.75, 3.05) is 0 Å². The van der Waals surface area contributed by atoms with Crippen LogP contribution < -0.4 is 0 Å². The Hall–Kier alpha value is -0.590. The Bertz CT molecular complexity index is 289. The van der Waals surface area contributed by atoms with Crippen LogP contribution in [0.3, 0.4) is 0 Å². The molecule has 2 aliphatic rings. The van der Waals surface area contributed by atoms with Gasteiger partial charge in [-0.25, -0.2) is 0 Å². The SMILES string of the molecule is CC1CCC(/C=C/C(=O)C2CCC(C)CC2)CC1. The van der Waals surface area contributed by atoms with Crippen LogP contribution in [0.1, 0.15) is 65.2 Å². The van der Waals surface area contributed by atoms with E-state index in [1.807, 2.05) is 6.08 Å². The Labute approximate surface area is 112 Å². The zero-order chi connectivity index (χ0) is 13.0. The summed E-state index contributed by atoms with van der Waals surface area (Å²) < 4.78 is 0. The van der Waals surface area contributed by atoms with Crippen molar-refractivity contribution in [1.82, 2.24) is 0 Å². The zero-order valence-corrected chi connectivity index (χ0v) is 12.0. The summed E-state index contributed by atoms with van der Waals surface area (Å²) in [5.41, 5.74) is 0. The average molecular weight is 248 g/mol. The molecule has 18 heavy (non-hydrogen) atoms. The fourth-order valence-electron chi connectivity index (χ4n) is 3.39. The van der Waals surface area contributed by atoms with E-state index in [0.29, 0.717) is 17.6 Å². The number of ketones is 1. The van der Waals surface area contributed by atoms with E-state index in [1.165, 1.54) is 38.5 Å². The van der Waals surface area contributed by atoms with Crippen LogP contribution >= 0.6 is 0 Å². The van der Waals surface area contributed by atoms with E-state index in [1.54, 1.807) is 0 Å². The van der Waals surface area contributed by atoms with Crippen LogP contribution in [-0.4, -0.2) is 5.78 Å². The van der Waals surface area contributed by atoms with Crippen LogP contribution in [0.25, 0.3) is 0 Å². The Morgan fingerprint density at radius 1 is 0.833 bits per heavy atom. The van der Waals surface area contributed by atoms with Gasteiger partial charge < -0.3 is 0 Å². The number of rotatable bonds is 3. The molecule has 0 saturated heterocycles. The fraction of sp³-hybridized carbons (Fsp3) is 0.824. The second-order valence-corrected chi connectivity index (χ2v) is 6.74. The molecule has 0 unspecified atom stereocenters. The molecule has 0 aromatic carbocycles. The lowest BCUT2D eigenvalue weighted by Gasteiger charge is -2.25. The monoisotopic (exact) mass is 248 g/mol. The van der Waals surface area contributed by atoms with E-state index in [4.69, 9.17) is 0 Å². The number of carbonyl (C=O) groups is 1. The molecule has 2 fully saturated rings. The third-order valence-electron chi connectivity index (χ3n) is 5.01. The highest BCUT2D eigenvalue weighted by molar-refractivity contribution is 5.91. The van der Waals surface area contributed by atoms with Gasteiger partial charge >= 0.3 is 0 Å². The molecule has 1 heteroatoms. The molecule has 0 radical (unpaired) electrons. The van der Waals surface area contributed by atoms with E-state index in [9.17, 15) is 4.79 Å². The Morgan fingerprint density at radius 3 is 1.89 bits per heavy atom. The van der Waals surface area contributed by atoms with Crippen molar-refractivity contribution in [2.24, 2.45) is 23.7 Å². The van der Waals surface area contributed by atoms with Gasteiger partial charge in [0.2, 0.25) is 0 Å². The summed E-state index contributed by atoms with van der Waals surface area (Å²) >= 11 is 0. The highest BCUT2D eigenvalue weighted by Crippen LogP contribution is 2.31. The maximum absolute atomic E-state index is 12.1. The minimum absolute atomic E-state index is 0.333. The van der Waals surface area contributed by atoms with Crippen LogP contribution in [0.2, 0.25) is 0 Å². The molecule has 0 aromatic heterocycles. The van der Waals surface area contributed by atoms with Gasteiger partial charge in [0.25, 0.3) is 0 Å². The molecule has 2 aliphatic carbocycles. The Balaban J connectivity index is 1.76. The number of carbonyl (C=O) groups excluding carboxylic acids is 1. The molecule has 0 bridgehead atoms. The molecular weight excluding hydrogens is 220 g/mol. The van der Waals surface area contributed by atoms with E-state index >= 15 is 0 Å². The summed E-state index contributed by atoms with van der Waals surface area (Å²) in [7, 11) is 0. The summed E-state index contributed by atoms with van der Waals surface area (Å²) in [5, 5.41) is 0. The highest BCUT2D eigenvalue weighted by Gasteiger charge is 2.23.